The molecule has 0 radical (unpaired) electrons. The van der Waals surface area contributed by atoms with Crippen molar-refractivity contribution in [1.82, 2.24) is 19.0 Å². The Bertz CT molecular complexity index is 2100. The Balaban J connectivity index is 1.27. The van der Waals surface area contributed by atoms with Crippen molar-refractivity contribution < 1.29 is 23.8 Å². The summed E-state index contributed by atoms with van der Waals surface area (Å²) in [6, 6.07) is 17.1. The minimum Gasteiger partial charge on any atom is -0.494 e. The zero-order chi connectivity index (χ0) is 32.8. The van der Waals surface area contributed by atoms with E-state index in [4.69, 9.17) is 15.5 Å². The van der Waals surface area contributed by atoms with Crippen molar-refractivity contribution in [3.05, 3.63) is 65.7 Å². The number of amides is 2. The number of halogens is 1. The topological polar surface area (TPSA) is 128 Å². The Labute approximate surface area is 270 Å². The number of alkyl halides is 1. The molecule has 4 heterocycles. The molecule has 2 aliphatic heterocycles. The van der Waals surface area contributed by atoms with Gasteiger partial charge in [-0.2, -0.15) is 0 Å². The molecule has 1 unspecified atom stereocenters. The second-order valence-electron chi connectivity index (χ2n) is 13.5. The number of nitrogens with two attached hydrogens (primary N) is 1. The summed E-state index contributed by atoms with van der Waals surface area (Å²) in [5.41, 5.74) is 11.2. The van der Waals surface area contributed by atoms with Crippen molar-refractivity contribution in [2.45, 2.75) is 50.5 Å². The number of anilines is 1. The number of fused-ring (bicyclic) bond motifs is 3. The van der Waals surface area contributed by atoms with E-state index < -0.39 is 23.7 Å². The standard InChI is InChI=1S/C36H37FN6O4/c1-36(46)26-11-20(9-10-27(26)40-35(36)45)25-6-4-5-21-13-29(43(31(21)25)16-19-7-8-19)33-39-28-12-22(14-30(47-3)32(28)41(33)2)34(44)42-17-23(37)15-24(38)18-42/h4-6,9-14,19,23-24,46H,7-8,15-18,38H2,1-3H3,(H,40,45)/t23-,24-,36?/m1/s1. The molecule has 2 fully saturated rings. The summed E-state index contributed by atoms with van der Waals surface area (Å²) in [5.74, 6) is 1.04. The summed E-state index contributed by atoms with van der Waals surface area (Å²) in [6.07, 6.45) is 1.39. The molecule has 0 spiro atoms. The lowest BCUT2D eigenvalue weighted by molar-refractivity contribution is -0.131. The molecule has 0 bridgehead atoms. The van der Waals surface area contributed by atoms with Crippen molar-refractivity contribution in [2.24, 2.45) is 18.7 Å². The molecule has 3 aromatic carbocycles. The van der Waals surface area contributed by atoms with Gasteiger partial charge in [0.25, 0.3) is 11.8 Å². The molecule has 4 N–H and O–H groups in total. The fraction of sp³-hybridized carbons (Fsp3) is 0.361. The summed E-state index contributed by atoms with van der Waals surface area (Å²) in [6.45, 7) is 2.64. The number of aromatic nitrogens is 3. The molecule has 10 nitrogen and oxygen atoms in total. The van der Waals surface area contributed by atoms with E-state index in [0.717, 1.165) is 58.5 Å². The Morgan fingerprint density at radius 2 is 1.96 bits per heavy atom. The van der Waals surface area contributed by atoms with Gasteiger partial charge in [-0.05, 0) is 68.0 Å². The number of hydrogen-bond donors (Lipinski definition) is 3. The van der Waals surface area contributed by atoms with Gasteiger partial charge in [-0.3, -0.25) is 9.59 Å². The van der Waals surface area contributed by atoms with E-state index in [1.807, 2.05) is 35.9 Å². The molecule has 8 rings (SSSR count). The van der Waals surface area contributed by atoms with E-state index in [2.05, 4.69) is 28.1 Å². The largest absolute Gasteiger partial charge is 0.494 e. The first kappa shape index (κ1) is 29.6. The van der Waals surface area contributed by atoms with Gasteiger partial charge in [-0.15, -0.1) is 0 Å². The third-order valence-corrected chi connectivity index (χ3v) is 9.95. The normalized spacial score (nSPS) is 22.6. The van der Waals surface area contributed by atoms with Crippen LogP contribution in [-0.2, 0) is 24.0 Å². The molecule has 242 valence electrons. The predicted molar refractivity (Wildman–Crippen MR) is 178 cm³/mol. The Kier molecular flexibility index (Phi) is 6.72. The average Bonchev–Trinajstić information content (AvgIpc) is 3.64. The number of para-hydroxylation sites is 1. The van der Waals surface area contributed by atoms with Crippen LogP contribution < -0.4 is 15.8 Å². The van der Waals surface area contributed by atoms with Crippen LogP contribution in [0.4, 0.5) is 10.1 Å². The maximum absolute atomic E-state index is 14.3. The second-order valence-corrected chi connectivity index (χ2v) is 13.5. The number of aryl methyl sites for hydroxylation is 1. The van der Waals surface area contributed by atoms with Crippen LogP contribution in [-0.4, -0.2) is 68.4 Å². The summed E-state index contributed by atoms with van der Waals surface area (Å²) in [4.78, 5) is 32.5. The number of ether oxygens (including phenoxy) is 1. The van der Waals surface area contributed by atoms with Gasteiger partial charge >= 0.3 is 0 Å². The van der Waals surface area contributed by atoms with E-state index in [1.54, 1.807) is 19.2 Å². The number of carbonyl (C=O) groups is 2. The van der Waals surface area contributed by atoms with Gasteiger partial charge in [0.05, 0.1) is 30.4 Å². The first-order chi connectivity index (χ1) is 22.5. The number of methoxy groups -OCH3 is 1. The average molecular weight is 637 g/mol. The molecular formula is C36H37FN6O4. The highest BCUT2D eigenvalue weighted by Crippen LogP contribution is 2.43. The molecule has 47 heavy (non-hydrogen) atoms. The molecule has 3 aliphatic rings. The molecular weight excluding hydrogens is 599 g/mol. The SMILES string of the molecule is COc1cc(C(=O)N2C[C@H](N)C[C@@H](F)C2)cc2nc(-c3cc4cccc(-c5ccc6c(c5)C(C)(O)C(=O)N6)c4n3CC3CC3)n(C)c12. The van der Waals surface area contributed by atoms with Crippen LogP contribution >= 0.6 is 0 Å². The molecule has 1 saturated heterocycles. The minimum atomic E-state index is -1.61. The first-order valence-corrected chi connectivity index (χ1v) is 16.1. The van der Waals surface area contributed by atoms with Crippen LogP contribution in [0.1, 0.15) is 42.1 Å². The van der Waals surface area contributed by atoms with Gasteiger partial charge in [-0.1, -0.05) is 24.3 Å². The van der Waals surface area contributed by atoms with Crippen LogP contribution in [0, 0.1) is 5.92 Å². The Morgan fingerprint density at radius 3 is 2.70 bits per heavy atom. The number of rotatable bonds is 6. The number of piperidine rings is 1. The van der Waals surface area contributed by atoms with Crippen molar-refractivity contribution in [3.63, 3.8) is 0 Å². The molecule has 3 atom stereocenters. The molecule has 11 heteroatoms. The van der Waals surface area contributed by atoms with E-state index in [9.17, 15) is 19.1 Å². The molecule has 5 aromatic rings. The lowest BCUT2D eigenvalue weighted by Crippen LogP contribution is -2.50. The smallest absolute Gasteiger partial charge is 0.260 e. The summed E-state index contributed by atoms with van der Waals surface area (Å²) in [5, 5.41) is 14.8. The number of nitrogens with zero attached hydrogens (tertiary/aromatic N) is 4. The summed E-state index contributed by atoms with van der Waals surface area (Å²) >= 11 is 0. The third-order valence-electron chi connectivity index (χ3n) is 9.95. The second kappa shape index (κ2) is 10.6. The van der Waals surface area contributed by atoms with Gasteiger partial charge in [-0.25, -0.2) is 9.37 Å². The first-order valence-electron chi connectivity index (χ1n) is 16.1. The maximum Gasteiger partial charge on any atom is 0.260 e. The number of hydrogen-bond acceptors (Lipinski definition) is 6. The van der Waals surface area contributed by atoms with Crippen molar-refractivity contribution in [1.29, 1.82) is 0 Å². The van der Waals surface area contributed by atoms with Crippen LogP contribution in [0.15, 0.2) is 54.6 Å². The van der Waals surface area contributed by atoms with Gasteiger partial charge in [0.2, 0.25) is 0 Å². The summed E-state index contributed by atoms with van der Waals surface area (Å²) < 4.78 is 24.4. The molecule has 1 saturated carbocycles. The number of likely N-dealkylation sites (tertiary alicyclic amines) is 1. The number of imidazole rings is 1. The van der Waals surface area contributed by atoms with E-state index in [-0.39, 0.29) is 18.9 Å². The van der Waals surface area contributed by atoms with E-state index in [1.165, 1.54) is 11.8 Å². The molecule has 2 amide bonds. The number of carbonyl (C=O) groups excluding carboxylic acids is 2. The van der Waals surface area contributed by atoms with E-state index >= 15 is 0 Å². The van der Waals surface area contributed by atoms with Gasteiger partial charge in [0, 0.05) is 53.9 Å². The van der Waals surface area contributed by atoms with Crippen molar-refractivity contribution >= 4 is 39.4 Å². The van der Waals surface area contributed by atoms with Crippen molar-refractivity contribution in [3.8, 4) is 28.4 Å². The van der Waals surface area contributed by atoms with Crippen molar-refractivity contribution in [2.75, 3.05) is 25.5 Å². The zero-order valence-corrected chi connectivity index (χ0v) is 26.6. The van der Waals surface area contributed by atoms with Crippen LogP contribution in [0.5, 0.6) is 5.75 Å². The fourth-order valence-electron chi connectivity index (χ4n) is 7.32. The number of nitrogens with one attached hydrogen (secondary N) is 1. The fourth-order valence-corrected chi connectivity index (χ4v) is 7.32. The van der Waals surface area contributed by atoms with Crippen LogP contribution in [0.25, 0.3) is 44.6 Å². The highest BCUT2D eigenvalue weighted by molar-refractivity contribution is 6.06. The summed E-state index contributed by atoms with van der Waals surface area (Å²) in [7, 11) is 3.51. The lowest BCUT2D eigenvalue weighted by Gasteiger charge is -2.33. The highest BCUT2D eigenvalue weighted by atomic mass is 19.1. The maximum atomic E-state index is 14.3. The third kappa shape index (κ3) is 4.79. The molecule has 2 aromatic heterocycles. The van der Waals surface area contributed by atoms with Crippen LogP contribution in [0.2, 0.25) is 0 Å². The zero-order valence-electron chi connectivity index (χ0n) is 26.6. The number of benzene rings is 3. The minimum absolute atomic E-state index is 0.0124. The predicted octanol–water partition coefficient (Wildman–Crippen LogP) is 4.95. The van der Waals surface area contributed by atoms with E-state index in [0.29, 0.717) is 40.5 Å². The van der Waals surface area contributed by atoms with Gasteiger partial charge < -0.3 is 34.9 Å². The van der Waals surface area contributed by atoms with Gasteiger partial charge in [0.1, 0.15) is 17.4 Å². The highest BCUT2D eigenvalue weighted by Gasteiger charge is 2.41. The lowest BCUT2D eigenvalue weighted by atomic mass is 9.93. The Hall–Kier alpha value is -4.74. The monoisotopic (exact) mass is 636 g/mol. The number of aliphatic hydroxyl groups is 1. The Morgan fingerprint density at radius 1 is 1.15 bits per heavy atom. The van der Waals surface area contributed by atoms with Crippen LogP contribution in [0.3, 0.4) is 0 Å². The quantitative estimate of drug-likeness (QED) is 0.242. The van der Waals surface area contributed by atoms with Gasteiger partial charge in [0.15, 0.2) is 11.4 Å². The molecule has 1 aliphatic carbocycles.